The fourth-order valence-corrected chi connectivity index (χ4v) is 1.61. The van der Waals surface area contributed by atoms with E-state index in [1.54, 1.807) is 0 Å². The molecule has 0 bridgehead atoms. The number of nitrogens with one attached hydrogen (secondary N) is 2. The Morgan fingerprint density at radius 2 is 1.94 bits per heavy atom. The van der Waals surface area contributed by atoms with Gasteiger partial charge >= 0.3 is 0 Å². The zero-order valence-electron chi connectivity index (χ0n) is 11.0. The summed E-state index contributed by atoms with van der Waals surface area (Å²) in [6.07, 6.45) is 0.298. The zero-order chi connectivity index (χ0) is 13.5. The highest BCUT2D eigenvalue weighted by Crippen LogP contribution is 2.24. The van der Waals surface area contributed by atoms with Crippen molar-refractivity contribution in [3.8, 4) is 0 Å². The van der Waals surface area contributed by atoms with Crippen LogP contribution in [0.1, 0.15) is 18.9 Å². The van der Waals surface area contributed by atoms with E-state index in [0.29, 0.717) is 13.0 Å². The first-order valence-electron chi connectivity index (χ1n) is 5.90. The standard InChI is InChI=1S/C15H20N2O/c1-11(2)10-17-15(18)9-12(3)13-7-5-6-8-14(13)16-4/h5-8,16H,1,3,9-10H2,2,4H3,(H,17,18). The number of benzene rings is 1. The largest absolute Gasteiger partial charge is 0.388 e. The minimum Gasteiger partial charge on any atom is -0.388 e. The van der Waals surface area contributed by atoms with Crippen LogP contribution in [0.3, 0.4) is 0 Å². The third-order valence-corrected chi connectivity index (χ3v) is 2.54. The molecule has 3 heteroatoms. The van der Waals surface area contributed by atoms with Crippen molar-refractivity contribution in [1.82, 2.24) is 5.32 Å². The van der Waals surface area contributed by atoms with Crippen LogP contribution in [-0.2, 0) is 4.79 Å². The summed E-state index contributed by atoms with van der Waals surface area (Å²) in [4.78, 5) is 11.7. The number of anilines is 1. The lowest BCUT2D eigenvalue weighted by Crippen LogP contribution is -2.24. The predicted molar refractivity (Wildman–Crippen MR) is 77.5 cm³/mol. The average molecular weight is 244 g/mol. The van der Waals surface area contributed by atoms with Gasteiger partial charge in [-0.1, -0.05) is 36.9 Å². The molecule has 18 heavy (non-hydrogen) atoms. The van der Waals surface area contributed by atoms with E-state index in [9.17, 15) is 4.79 Å². The molecule has 1 aromatic rings. The Morgan fingerprint density at radius 1 is 1.28 bits per heavy atom. The normalized spacial score (nSPS) is 9.67. The topological polar surface area (TPSA) is 41.1 Å². The Kier molecular flexibility index (Phi) is 5.18. The van der Waals surface area contributed by atoms with Crippen molar-refractivity contribution in [2.75, 3.05) is 18.9 Å². The Bertz CT molecular complexity index is 463. The van der Waals surface area contributed by atoms with Crippen LogP contribution in [0, 0.1) is 0 Å². The van der Waals surface area contributed by atoms with E-state index in [-0.39, 0.29) is 5.91 Å². The van der Waals surface area contributed by atoms with Gasteiger partial charge in [0.1, 0.15) is 0 Å². The first-order chi connectivity index (χ1) is 8.54. The Labute approximate surface area is 109 Å². The molecule has 0 radical (unpaired) electrons. The van der Waals surface area contributed by atoms with Gasteiger partial charge in [-0.25, -0.2) is 0 Å². The minimum atomic E-state index is -0.0334. The summed E-state index contributed by atoms with van der Waals surface area (Å²) in [7, 11) is 1.85. The van der Waals surface area contributed by atoms with E-state index in [1.165, 1.54) is 0 Å². The molecule has 1 aromatic carbocycles. The maximum Gasteiger partial charge on any atom is 0.224 e. The van der Waals surface area contributed by atoms with Crippen molar-refractivity contribution in [2.24, 2.45) is 0 Å². The highest BCUT2D eigenvalue weighted by atomic mass is 16.1. The van der Waals surface area contributed by atoms with E-state index in [4.69, 9.17) is 0 Å². The number of hydrogen-bond donors (Lipinski definition) is 2. The maximum absolute atomic E-state index is 11.7. The number of para-hydroxylation sites is 1. The van der Waals surface area contributed by atoms with E-state index >= 15 is 0 Å². The summed E-state index contributed by atoms with van der Waals surface area (Å²) >= 11 is 0. The molecular weight excluding hydrogens is 224 g/mol. The molecule has 1 rings (SSSR count). The molecular formula is C15H20N2O. The molecule has 3 nitrogen and oxygen atoms in total. The fourth-order valence-electron chi connectivity index (χ4n) is 1.61. The van der Waals surface area contributed by atoms with Gasteiger partial charge < -0.3 is 10.6 Å². The second-order valence-electron chi connectivity index (χ2n) is 4.31. The van der Waals surface area contributed by atoms with Gasteiger partial charge in [0.05, 0.1) is 6.42 Å². The van der Waals surface area contributed by atoms with Crippen molar-refractivity contribution in [1.29, 1.82) is 0 Å². The Hall–Kier alpha value is -2.03. The van der Waals surface area contributed by atoms with E-state index in [1.807, 2.05) is 38.2 Å². The van der Waals surface area contributed by atoms with Crippen LogP contribution in [0.25, 0.3) is 5.57 Å². The van der Waals surface area contributed by atoms with Gasteiger partial charge in [-0.2, -0.15) is 0 Å². The van der Waals surface area contributed by atoms with Crippen LogP contribution < -0.4 is 10.6 Å². The van der Waals surface area contributed by atoms with E-state index < -0.39 is 0 Å². The molecule has 0 aromatic heterocycles. The number of carbonyl (C=O) groups is 1. The van der Waals surface area contributed by atoms with Crippen molar-refractivity contribution in [2.45, 2.75) is 13.3 Å². The number of amides is 1. The summed E-state index contributed by atoms with van der Waals surface area (Å²) < 4.78 is 0. The van der Waals surface area contributed by atoms with Gasteiger partial charge in [0.25, 0.3) is 0 Å². The number of rotatable bonds is 6. The second kappa shape index (κ2) is 6.64. The first kappa shape index (κ1) is 14.0. The molecule has 0 heterocycles. The van der Waals surface area contributed by atoms with Gasteiger partial charge in [-0.15, -0.1) is 0 Å². The third kappa shape index (κ3) is 4.09. The molecule has 0 aliphatic heterocycles. The molecule has 2 N–H and O–H groups in total. The third-order valence-electron chi connectivity index (χ3n) is 2.54. The number of hydrogen-bond acceptors (Lipinski definition) is 2. The van der Waals surface area contributed by atoms with Crippen LogP contribution in [-0.4, -0.2) is 19.5 Å². The molecule has 0 saturated carbocycles. The van der Waals surface area contributed by atoms with Crippen molar-refractivity contribution < 1.29 is 4.79 Å². The molecule has 0 unspecified atom stereocenters. The van der Waals surface area contributed by atoms with Gasteiger partial charge in [-0.05, 0) is 18.6 Å². The Balaban J connectivity index is 2.65. The van der Waals surface area contributed by atoms with Crippen LogP contribution in [0.4, 0.5) is 5.69 Å². The molecule has 0 aliphatic carbocycles. The SMILES string of the molecule is C=C(C)CNC(=O)CC(=C)c1ccccc1NC. The Morgan fingerprint density at radius 3 is 2.56 bits per heavy atom. The van der Waals surface area contributed by atoms with Crippen molar-refractivity contribution in [3.05, 3.63) is 48.6 Å². The summed E-state index contributed by atoms with van der Waals surface area (Å²) in [6, 6.07) is 7.81. The van der Waals surface area contributed by atoms with Crippen LogP contribution in [0.5, 0.6) is 0 Å². The maximum atomic E-state index is 11.7. The van der Waals surface area contributed by atoms with E-state index in [0.717, 1.165) is 22.4 Å². The molecule has 0 saturated heterocycles. The van der Waals surface area contributed by atoms with Crippen molar-refractivity contribution in [3.63, 3.8) is 0 Å². The molecule has 0 fully saturated rings. The van der Waals surface area contributed by atoms with Gasteiger partial charge in [0.2, 0.25) is 5.91 Å². The average Bonchev–Trinajstić information content (AvgIpc) is 2.36. The molecule has 0 aliphatic rings. The summed E-state index contributed by atoms with van der Waals surface area (Å²) in [6.45, 7) is 10.1. The molecule has 96 valence electrons. The molecule has 0 spiro atoms. The quantitative estimate of drug-likeness (QED) is 0.755. The fraction of sp³-hybridized carbons (Fsp3) is 0.267. The zero-order valence-corrected chi connectivity index (χ0v) is 11.0. The molecule has 0 atom stereocenters. The monoisotopic (exact) mass is 244 g/mol. The van der Waals surface area contributed by atoms with Gasteiger partial charge in [-0.3, -0.25) is 4.79 Å². The minimum absolute atomic E-state index is 0.0334. The van der Waals surface area contributed by atoms with Crippen LogP contribution >= 0.6 is 0 Å². The lowest BCUT2D eigenvalue weighted by atomic mass is 10.0. The lowest BCUT2D eigenvalue weighted by Gasteiger charge is -2.11. The smallest absolute Gasteiger partial charge is 0.224 e. The van der Waals surface area contributed by atoms with Gasteiger partial charge in [0.15, 0.2) is 0 Å². The number of carbonyl (C=O) groups excluding carboxylic acids is 1. The first-order valence-corrected chi connectivity index (χ1v) is 5.90. The summed E-state index contributed by atoms with van der Waals surface area (Å²) in [5, 5.41) is 5.89. The second-order valence-corrected chi connectivity index (χ2v) is 4.31. The lowest BCUT2D eigenvalue weighted by molar-refractivity contribution is -0.119. The van der Waals surface area contributed by atoms with Crippen LogP contribution in [0.2, 0.25) is 0 Å². The van der Waals surface area contributed by atoms with E-state index in [2.05, 4.69) is 23.8 Å². The highest BCUT2D eigenvalue weighted by Gasteiger charge is 2.08. The van der Waals surface area contributed by atoms with Crippen LogP contribution in [0.15, 0.2) is 43.0 Å². The summed E-state index contributed by atoms with van der Waals surface area (Å²) in [5.41, 5.74) is 3.70. The van der Waals surface area contributed by atoms with Crippen molar-refractivity contribution >= 4 is 17.2 Å². The molecule has 1 amide bonds. The van der Waals surface area contributed by atoms with Gasteiger partial charge in [0, 0.05) is 24.8 Å². The summed E-state index contributed by atoms with van der Waals surface area (Å²) in [5.74, 6) is -0.0334. The predicted octanol–water partition coefficient (Wildman–Crippen LogP) is 2.82. The highest BCUT2D eigenvalue weighted by molar-refractivity contribution is 5.90.